The Hall–Kier alpha value is -1.55. The Morgan fingerprint density at radius 2 is 1.95 bits per heavy atom. The maximum absolute atomic E-state index is 11.8. The number of ether oxygens (including phenoxy) is 1. The largest absolute Gasteiger partial charge is 0.497 e. The number of amides is 1. The second kappa shape index (κ2) is 7.29. The van der Waals surface area contributed by atoms with Crippen molar-refractivity contribution in [3.8, 4) is 5.75 Å². The van der Waals surface area contributed by atoms with E-state index in [0.717, 1.165) is 11.3 Å². The molecule has 4 heteroatoms. The molecule has 20 heavy (non-hydrogen) atoms. The highest BCUT2D eigenvalue weighted by Gasteiger charge is 2.22. The summed E-state index contributed by atoms with van der Waals surface area (Å²) < 4.78 is 5.07. The monoisotopic (exact) mass is 279 g/mol. The SMILES string of the molecule is COc1ccc(CC(=O)NCC(C)(O)CC(C)C)cc1. The van der Waals surface area contributed by atoms with Crippen molar-refractivity contribution in [3.63, 3.8) is 0 Å². The fourth-order valence-electron chi connectivity index (χ4n) is 2.23. The van der Waals surface area contributed by atoms with Crippen molar-refractivity contribution in [1.29, 1.82) is 0 Å². The molecular weight excluding hydrogens is 254 g/mol. The second-order valence-electron chi connectivity index (χ2n) is 5.90. The average Bonchev–Trinajstić information content (AvgIpc) is 2.36. The molecule has 0 fully saturated rings. The molecule has 0 bridgehead atoms. The van der Waals surface area contributed by atoms with E-state index < -0.39 is 5.60 Å². The van der Waals surface area contributed by atoms with Crippen molar-refractivity contribution in [2.75, 3.05) is 13.7 Å². The molecule has 0 aliphatic carbocycles. The van der Waals surface area contributed by atoms with Crippen molar-refractivity contribution in [1.82, 2.24) is 5.32 Å². The van der Waals surface area contributed by atoms with Crippen LogP contribution in [0.5, 0.6) is 5.75 Å². The Morgan fingerprint density at radius 1 is 1.35 bits per heavy atom. The molecule has 112 valence electrons. The van der Waals surface area contributed by atoms with Crippen LogP contribution >= 0.6 is 0 Å². The molecule has 0 radical (unpaired) electrons. The minimum atomic E-state index is -0.857. The van der Waals surface area contributed by atoms with Crippen LogP contribution in [0.1, 0.15) is 32.8 Å². The summed E-state index contributed by atoms with van der Waals surface area (Å²) in [5.74, 6) is 1.08. The molecule has 1 aromatic carbocycles. The summed E-state index contributed by atoms with van der Waals surface area (Å²) >= 11 is 0. The van der Waals surface area contributed by atoms with Crippen LogP contribution in [-0.2, 0) is 11.2 Å². The Balaban J connectivity index is 2.43. The molecule has 0 aliphatic rings. The normalized spacial score (nSPS) is 13.9. The smallest absolute Gasteiger partial charge is 0.224 e. The highest BCUT2D eigenvalue weighted by molar-refractivity contribution is 5.78. The third-order valence-electron chi connectivity index (χ3n) is 3.04. The number of hydrogen-bond donors (Lipinski definition) is 2. The number of nitrogens with one attached hydrogen (secondary N) is 1. The van der Waals surface area contributed by atoms with E-state index in [4.69, 9.17) is 4.74 Å². The zero-order valence-corrected chi connectivity index (χ0v) is 12.8. The molecule has 0 spiro atoms. The zero-order chi connectivity index (χ0) is 15.2. The van der Waals surface area contributed by atoms with Crippen LogP contribution in [0, 0.1) is 5.92 Å². The van der Waals surface area contributed by atoms with Crippen LogP contribution in [0.2, 0.25) is 0 Å². The van der Waals surface area contributed by atoms with Gasteiger partial charge in [0.25, 0.3) is 0 Å². The van der Waals surface area contributed by atoms with Gasteiger partial charge in [-0.25, -0.2) is 0 Å². The minimum Gasteiger partial charge on any atom is -0.497 e. The molecular formula is C16H25NO3. The second-order valence-corrected chi connectivity index (χ2v) is 5.90. The summed E-state index contributed by atoms with van der Waals surface area (Å²) in [6.45, 7) is 6.13. The lowest BCUT2D eigenvalue weighted by Crippen LogP contribution is -2.42. The number of hydrogen-bond acceptors (Lipinski definition) is 3. The lowest BCUT2D eigenvalue weighted by Gasteiger charge is -2.25. The van der Waals surface area contributed by atoms with Crippen LogP contribution in [0.3, 0.4) is 0 Å². The molecule has 0 aliphatic heterocycles. The fraction of sp³-hybridized carbons (Fsp3) is 0.562. The van der Waals surface area contributed by atoms with Crippen LogP contribution in [0.15, 0.2) is 24.3 Å². The number of aliphatic hydroxyl groups is 1. The van der Waals surface area contributed by atoms with E-state index in [1.807, 2.05) is 38.1 Å². The van der Waals surface area contributed by atoms with E-state index in [0.29, 0.717) is 18.8 Å². The van der Waals surface area contributed by atoms with Gasteiger partial charge in [0.05, 0.1) is 19.1 Å². The van der Waals surface area contributed by atoms with Crippen LogP contribution < -0.4 is 10.1 Å². The molecule has 1 unspecified atom stereocenters. The lowest BCUT2D eigenvalue weighted by atomic mass is 9.94. The Morgan fingerprint density at radius 3 is 2.45 bits per heavy atom. The molecule has 0 saturated heterocycles. The third-order valence-corrected chi connectivity index (χ3v) is 3.04. The van der Waals surface area contributed by atoms with Crippen LogP contribution in [0.4, 0.5) is 0 Å². The summed E-state index contributed by atoms with van der Waals surface area (Å²) in [7, 11) is 1.61. The van der Waals surface area contributed by atoms with Gasteiger partial charge in [-0.3, -0.25) is 4.79 Å². The summed E-state index contributed by atoms with van der Waals surface area (Å²) in [6.07, 6.45) is 0.970. The van der Waals surface area contributed by atoms with Crippen molar-refractivity contribution in [2.24, 2.45) is 5.92 Å². The molecule has 1 amide bonds. The van der Waals surface area contributed by atoms with Gasteiger partial charge in [-0.1, -0.05) is 26.0 Å². The molecule has 1 atom stereocenters. The molecule has 1 rings (SSSR count). The summed E-state index contributed by atoms with van der Waals surface area (Å²) in [6, 6.07) is 7.39. The molecule has 0 saturated carbocycles. The van der Waals surface area contributed by atoms with Crippen molar-refractivity contribution >= 4 is 5.91 Å². The lowest BCUT2D eigenvalue weighted by molar-refractivity contribution is -0.121. The first kappa shape index (κ1) is 16.5. The van der Waals surface area contributed by atoms with E-state index in [-0.39, 0.29) is 12.5 Å². The van der Waals surface area contributed by atoms with Gasteiger partial charge in [-0.15, -0.1) is 0 Å². The predicted molar refractivity (Wildman–Crippen MR) is 79.8 cm³/mol. The number of rotatable bonds is 7. The molecule has 0 heterocycles. The predicted octanol–water partition coefficient (Wildman–Crippen LogP) is 2.15. The summed E-state index contributed by atoms with van der Waals surface area (Å²) in [5.41, 5.74) is 0.0656. The summed E-state index contributed by atoms with van der Waals surface area (Å²) in [5, 5.41) is 12.9. The Labute approximate surface area is 121 Å². The first-order chi connectivity index (χ1) is 9.32. The molecule has 4 nitrogen and oxygen atoms in total. The van der Waals surface area contributed by atoms with Crippen LogP contribution in [0.25, 0.3) is 0 Å². The summed E-state index contributed by atoms with van der Waals surface area (Å²) in [4.78, 5) is 11.8. The van der Waals surface area contributed by atoms with Crippen LogP contribution in [-0.4, -0.2) is 30.3 Å². The van der Waals surface area contributed by atoms with E-state index >= 15 is 0 Å². The number of carbonyl (C=O) groups excluding carboxylic acids is 1. The van der Waals surface area contributed by atoms with Crippen molar-refractivity contribution in [3.05, 3.63) is 29.8 Å². The van der Waals surface area contributed by atoms with Gasteiger partial charge in [0, 0.05) is 6.54 Å². The molecule has 1 aromatic rings. The van der Waals surface area contributed by atoms with Gasteiger partial charge in [0.1, 0.15) is 5.75 Å². The first-order valence-electron chi connectivity index (χ1n) is 6.94. The van der Waals surface area contributed by atoms with Crippen molar-refractivity contribution < 1.29 is 14.6 Å². The van der Waals surface area contributed by atoms with E-state index in [2.05, 4.69) is 5.32 Å². The number of methoxy groups -OCH3 is 1. The Kier molecular flexibility index (Phi) is 6.02. The van der Waals surface area contributed by atoms with Gasteiger partial charge < -0.3 is 15.2 Å². The highest BCUT2D eigenvalue weighted by Crippen LogP contribution is 2.15. The van der Waals surface area contributed by atoms with Gasteiger partial charge in [0.2, 0.25) is 5.91 Å². The van der Waals surface area contributed by atoms with E-state index in [1.54, 1.807) is 14.0 Å². The fourth-order valence-corrected chi connectivity index (χ4v) is 2.23. The third kappa shape index (κ3) is 6.06. The van der Waals surface area contributed by atoms with E-state index in [1.165, 1.54) is 0 Å². The maximum Gasteiger partial charge on any atom is 0.224 e. The first-order valence-corrected chi connectivity index (χ1v) is 6.94. The number of benzene rings is 1. The van der Waals surface area contributed by atoms with Gasteiger partial charge >= 0.3 is 0 Å². The van der Waals surface area contributed by atoms with Gasteiger partial charge in [-0.2, -0.15) is 0 Å². The van der Waals surface area contributed by atoms with E-state index in [9.17, 15) is 9.90 Å². The maximum atomic E-state index is 11.8. The standard InChI is InChI=1S/C16H25NO3/c1-12(2)10-16(3,19)11-17-15(18)9-13-5-7-14(20-4)8-6-13/h5-8,12,19H,9-11H2,1-4H3,(H,17,18). The Bertz CT molecular complexity index is 424. The average molecular weight is 279 g/mol. The van der Waals surface area contributed by atoms with Gasteiger partial charge in [-0.05, 0) is 37.0 Å². The topological polar surface area (TPSA) is 58.6 Å². The van der Waals surface area contributed by atoms with Crippen molar-refractivity contribution in [2.45, 2.75) is 39.2 Å². The molecule has 0 aromatic heterocycles. The molecule has 2 N–H and O–H groups in total. The zero-order valence-electron chi connectivity index (χ0n) is 12.8. The van der Waals surface area contributed by atoms with Gasteiger partial charge in [0.15, 0.2) is 0 Å². The minimum absolute atomic E-state index is 0.0841. The number of carbonyl (C=O) groups is 1. The quantitative estimate of drug-likeness (QED) is 0.804. The highest BCUT2D eigenvalue weighted by atomic mass is 16.5.